The van der Waals surface area contributed by atoms with Crippen LogP contribution in [0, 0.1) is 6.92 Å². The average molecular weight is 232 g/mol. The van der Waals surface area contributed by atoms with Gasteiger partial charge in [-0.2, -0.15) is 0 Å². The van der Waals surface area contributed by atoms with Crippen molar-refractivity contribution in [3.8, 4) is 0 Å². The smallest absolute Gasteiger partial charge is 0.229 e. The summed E-state index contributed by atoms with van der Waals surface area (Å²) >= 11 is 5.75. The predicted molar refractivity (Wildman–Crippen MR) is 56.6 cm³/mol. The van der Waals surface area contributed by atoms with Crippen LogP contribution >= 0.6 is 11.6 Å². The lowest BCUT2D eigenvalue weighted by atomic mass is 10.1. The zero-order valence-electron chi connectivity index (χ0n) is 8.55. The molecule has 15 heavy (non-hydrogen) atoms. The van der Waals surface area contributed by atoms with Crippen LogP contribution in [0.3, 0.4) is 0 Å². The minimum atomic E-state index is -0.0443. The van der Waals surface area contributed by atoms with E-state index in [0.717, 1.165) is 11.3 Å². The topological polar surface area (TPSA) is 81.2 Å². The summed E-state index contributed by atoms with van der Waals surface area (Å²) in [5.74, 6) is -0.0443. The summed E-state index contributed by atoms with van der Waals surface area (Å²) in [4.78, 5) is 11.3. The van der Waals surface area contributed by atoms with Crippen molar-refractivity contribution in [1.29, 1.82) is 0 Å². The highest BCUT2D eigenvalue weighted by atomic mass is 35.5. The number of hydrogen-bond donors (Lipinski definition) is 2. The first-order valence-corrected chi connectivity index (χ1v) is 5.10. The molecule has 1 heterocycles. The van der Waals surface area contributed by atoms with Crippen molar-refractivity contribution < 1.29 is 9.32 Å². The van der Waals surface area contributed by atoms with Crippen molar-refractivity contribution >= 4 is 17.5 Å². The van der Waals surface area contributed by atoms with Crippen LogP contribution in [0.1, 0.15) is 17.7 Å². The predicted octanol–water partition coefficient (Wildman–Crippen LogP) is 0.644. The molecule has 0 bridgehead atoms. The SMILES string of the molecule is Cc1noc(Cl)c1CCC(=O)NCCN. The van der Waals surface area contributed by atoms with E-state index in [1.165, 1.54) is 0 Å². The van der Waals surface area contributed by atoms with E-state index in [4.69, 9.17) is 21.9 Å². The number of carbonyl (C=O) groups is 1. The zero-order valence-corrected chi connectivity index (χ0v) is 9.30. The molecule has 1 rings (SSSR count). The number of carbonyl (C=O) groups excluding carboxylic acids is 1. The summed E-state index contributed by atoms with van der Waals surface area (Å²) in [5.41, 5.74) is 6.77. The summed E-state index contributed by atoms with van der Waals surface area (Å²) in [5, 5.41) is 6.64. The number of nitrogens with one attached hydrogen (secondary N) is 1. The molecule has 1 aromatic heterocycles. The second-order valence-electron chi connectivity index (χ2n) is 3.16. The molecule has 0 fully saturated rings. The lowest BCUT2D eigenvalue weighted by Crippen LogP contribution is -2.29. The average Bonchev–Trinajstić information content (AvgIpc) is 2.53. The number of aryl methyl sites for hydroxylation is 1. The highest BCUT2D eigenvalue weighted by molar-refractivity contribution is 6.29. The van der Waals surface area contributed by atoms with Gasteiger partial charge < -0.3 is 15.6 Å². The lowest BCUT2D eigenvalue weighted by molar-refractivity contribution is -0.120. The van der Waals surface area contributed by atoms with Crippen LogP contribution in [-0.4, -0.2) is 24.2 Å². The van der Waals surface area contributed by atoms with Crippen LogP contribution < -0.4 is 11.1 Å². The molecule has 0 saturated carbocycles. The fourth-order valence-electron chi connectivity index (χ4n) is 1.18. The third-order valence-electron chi connectivity index (χ3n) is 2.01. The van der Waals surface area contributed by atoms with Gasteiger partial charge in [-0.3, -0.25) is 4.79 Å². The summed E-state index contributed by atoms with van der Waals surface area (Å²) in [7, 11) is 0. The number of nitrogens with zero attached hydrogens (tertiary/aromatic N) is 1. The summed E-state index contributed by atoms with van der Waals surface area (Å²) in [6, 6.07) is 0. The minimum absolute atomic E-state index is 0.0443. The third-order valence-corrected chi connectivity index (χ3v) is 2.30. The van der Waals surface area contributed by atoms with Crippen LogP contribution in [0.5, 0.6) is 0 Å². The Kier molecular flexibility index (Phi) is 4.58. The molecular weight excluding hydrogens is 218 g/mol. The van der Waals surface area contributed by atoms with E-state index >= 15 is 0 Å². The highest BCUT2D eigenvalue weighted by Gasteiger charge is 2.12. The van der Waals surface area contributed by atoms with Crippen molar-refractivity contribution in [3.63, 3.8) is 0 Å². The van der Waals surface area contributed by atoms with E-state index in [9.17, 15) is 4.79 Å². The van der Waals surface area contributed by atoms with Crippen molar-refractivity contribution in [3.05, 3.63) is 16.5 Å². The Hall–Kier alpha value is -1.07. The molecule has 84 valence electrons. The highest BCUT2D eigenvalue weighted by Crippen LogP contribution is 2.20. The number of nitrogens with two attached hydrogens (primary N) is 1. The first-order valence-electron chi connectivity index (χ1n) is 4.72. The number of halogens is 1. The zero-order chi connectivity index (χ0) is 11.3. The van der Waals surface area contributed by atoms with Gasteiger partial charge in [0.15, 0.2) is 0 Å². The molecule has 0 unspecified atom stereocenters. The molecule has 1 amide bonds. The van der Waals surface area contributed by atoms with Crippen LogP contribution in [0.2, 0.25) is 5.22 Å². The molecule has 0 aliphatic carbocycles. The van der Waals surface area contributed by atoms with Gasteiger partial charge in [-0.25, -0.2) is 0 Å². The van der Waals surface area contributed by atoms with E-state index in [2.05, 4.69) is 10.5 Å². The Morgan fingerprint density at radius 1 is 1.67 bits per heavy atom. The number of hydrogen-bond acceptors (Lipinski definition) is 4. The molecule has 0 spiro atoms. The molecule has 0 aromatic carbocycles. The quantitative estimate of drug-likeness (QED) is 0.780. The van der Waals surface area contributed by atoms with Gasteiger partial charge in [0.25, 0.3) is 0 Å². The van der Waals surface area contributed by atoms with Gasteiger partial charge in [-0.15, -0.1) is 0 Å². The Labute approximate surface area is 92.9 Å². The minimum Gasteiger partial charge on any atom is -0.355 e. The van der Waals surface area contributed by atoms with E-state index in [0.29, 0.717) is 25.9 Å². The number of rotatable bonds is 5. The maximum atomic E-state index is 11.3. The second-order valence-corrected chi connectivity index (χ2v) is 3.50. The van der Waals surface area contributed by atoms with Crippen molar-refractivity contribution in [1.82, 2.24) is 10.5 Å². The number of aromatic nitrogens is 1. The van der Waals surface area contributed by atoms with Gasteiger partial charge in [-0.05, 0) is 24.9 Å². The molecule has 1 aromatic rings. The maximum Gasteiger partial charge on any atom is 0.229 e. The molecule has 6 heteroatoms. The third kappa shape index (κ3) is 3.53. The molecule has 0 saturated heterocycles. The second kappa shape index (κ2) is 5.72. The molecule has 0 radical (unpaired) electrons. The first kappa shape index (κ1) is 12.0. The first-order chi connectivity index (χ1) is 7.15. The Balaban J connectivity index is 2.40. The van der Waals surface area contributed by atoms with Gasteiger partial charge in [0, 0.05) is 25.1 Å². The molecular formula is C9H14ClN3O2. The molecule has 0 atom stereocenters. The molecule has 0 aliphatic heterocycles. The van der Waals surface area contributed by atoms with Crippen molar-refractivity contribution in [2.45, 2.75) is 19.8 Å². The normalized spacial score (nSPS) is 10.3. The van der Waals surface area contributed by atoms with E-state index < -0.39 is 0 Å². The molecule has 3 N–H and O–H groups in total. The lowest BCUT2D eigenvalue weighted by Gasteiger charge is -2.02. The van der Waals surface area contributed by atoms with E-state index in [1.54, 1.807) is 6.92 Å². The fraction of sp³-hybridized carbons (Fsp3) is 0.556. The van der Waals surface area contributed by atoms with Crippen LogP contribution in [0.15, 0.2) is 4.52 Å². The van der Waals surface area contributed by atoms with Crippen LogP contribution in [0.25, 0.3) is 0 Å². The fourth-order valence-corrected chi connectivity index (χ4v) is 1.44. The summed E-state index contributed by atoms with van der Waals surface area (Å²) in [6.45, 7) is 2.73. The monoisotopic (exact) mass is 231 g/mol. The largest absolute Gasteiger partial charge is 0.355 e. The Morgan fingerprint density at radius 2 is 2.40 bits per heavy atom. The molecule has 0 aliphatic rings. The van der Waals surface area contributed by atoms with Gasteiger partial charge >= 0.3 is 0 Å². The van der Waals surface area contributed by atoms with Crippen molar-refractivity contribution in [2.24, 2.45) is 5.73 Å². The van der Waals surface area contributed by atoms with Gasteiger partial charge in [0.2, 0.25) is 11.1 Å². The standard InChI is InChI=1S/C9H14ClN3O2/c1-6-7(9(10)15-13-6)2-3-8(14)12-5-4-11/h2-5,11H2,1H3,(H,12,14). The van der Waals surface area contributed by atoms with Crippen LogP contribution in [-0.2, 0) is 11.2 Å². The number of amides is 1. The Morgan fingerprint density at radius 3 is 2.93 bits per heavy atom. The van der Waals surface area contributed by atoms with Gasteiger partial charge in [0.05, 0.1) is 5.69 Å². The van der Waals surface area contributed by atoms with Gasteiger partial charge in [-0.1, -0.05) is 5.16 Å². The Bertz CT molecular complexity index is 319. The summed E-state index contributed by atoms with van der Waals surface area (Å²) < 4.78 is 4.77. The van der Waals surface area contributed by atoms with Crippen LogP contribution in [0.4, 0.5) is 0 Å². The van der Waals surface area contributed by atoms with E-state index in [1.807, 2.05) is 0 Å². The van der Waals surface area contributed by atoms with Gasteiger partial charge in [0.1, 0.15) is 0 Å². The van der Waals surface area contributed by atoms with Crippen molar-refractivity contribution in [2.75, 3.05) is 13.1 Å². The molecule has 5 nitrogen and oxygen atoms in total. The summed E-state index contributed by atoms with van der Waals surface area (Å²) in [6.07, 6.45) is 0.895. The van der Waals surface area contributed by atoms with E-state index in [-0.39, 0.29) is 11.1 Å². The maximum absolute atomic E-state index is 11.3.